The molecule has 1 fully saturated rings. The molecule has 2 aliphatic rings. The fourth-order valence-corrected chi connectivity index (χ4v) is 4.02. The van der Waals surface area contributed by atoms with E-state index in [0.717, 1.165) is 29.5 Å². The van der Waals surface area contributed by atoms with Gasteiger partial charge < -0.3 is 0 Å². The van der Waals surface area contributed by atoms with E-state index in [0.29, 0.717) is 6.42 Å². The molecule has 0 radical (unpaired) electrons. The maximum atomic E-state index is 11.5. The van der Waals surface area contributed by atoms with Crippen molar-refractivity contribution >= 4 is 34.7 Å². The van der Waals surface area contributed by atoms with Crippen LogP contribution in [0.5, 0.6) is 0 Å². The van der Waals surface area contributed by atoms with Crippen LogP contribution in [0, 0.1) is 0 Å². The topological polar surface area (TPSA) is 46.2 Å². The van der Waals surface area contributed by atoms with E-state index in [1.54, 1.807) is 0 Å². The summed E-state index contributed by atoms with van der Waals surface area (Å²) < 4.78 is 0. The van der Waals surface area contributed by atoms with Crippen LogP contribution in [0.1, 0.15) is 11.1 Å². The molecule has 0 aromatic heterocycles. The van der Waals surface area contributed by atoms with Crippen LogP contribution in [0.2, 0.25) is 0 Å². The van der Waals surface area contributed by atoms with E-state index in [4.69, 9.17) is 0 Å². The average Bonchev–Trinajstić information content (AvgIpc) is 2.85. The summed E-state index contributed by atoms with van der Waals surface area (Å²) in [4.78, 5) is 23.9. The summed E-state index contributed by atoms with van der Waals surface area (Å²) >= 11 is 2.98. The van der Waals surface area contributed by atoms with Crippen molar-refractivity contribution in [3.63, 3.8) is 0 Å². The Bertz CT molecular complexity index is 501. The standard InChI is InChI=1S/C12H11NO2S2/c14-11-10(17-12(15)13-11)6-7-1-2-9-8(5-7)3-4-16-9/h1-2,5,10H,3-4,6H2,(H,13,14,15). The van der Waals surface area contributed by atoms with Gasteiger partial charge in [-0.15, -0.1) is 11.8 Å². The smallest absolute Gasteiger partial charge is 0.286 e. The number of fused-ring (bicyclic) bond motifs is 1. The van der Waals surface area contributed by atoms with Gasteiger partial charge in [0.25, 0.3) is 5.24 Å². The van der Waals surface area contributed by atoms with Gasteiger partial charge in [0.2, 0.25) is 5.91 Å². The van der Waals surface area contributed by atoms with Crippen LogP contribution in [0.15, 0.2) is 23.1 Å². The highest BCUT2D eigenvalue weighted by atomic mass is 32.2. The van der Waals surface area contributed by atoms with Crippen molar-refractivity contribution in [1.29, 1.82) is 0 Å². The third-order valence-corrected chi connectivity index (χ3v) is 5.04. The lowest BCUT2D eigenvalue weighted by molar-refractivity contribution is -0.118. The number of rotatable bonds is 2. The number of carbonyl (C=O) groups excluding carboxylic acids is 2. The van der Waals surface area contributed by atoms with Crippen LogP contribution in [0.4, 0.5) is 4.79 Å². The van der Waals surface area contributed by atoms with Gasteiger partial charge >= 0.3 is 0 Å². The summed E-state index contributed by atoms with van der Waals surface area (Å²) in [6.07, 6.45) is 1.75. The monoisotopic (exact) mass is 265 g/mol. The third kappa shape index (κ3) is 2.21. The lowest BCUT2D eigenvalue weighted by Crippen LogP contribution is -2.25. The first-order valence-corrected chi connectivity index (χ1v) is 7.35. The van der Waals surface area contributed by atoms with Crippen LogP contribution in [0.3, 0.4) is 0 Å². The fraction of sp³-hybridized carbons (Fsp3) is 0.333. The second kappa shape index (κ2) is 4.38. The van der Waals surface area contributed by atoms with E-state index in [2.05, 4.69) is 23.5 Å². The second-order valence-electron chi connectivity index (χ2n) is 4.13. The van der Waals surface area contributed by atoms with Gasteiger partial charge in [0, 0.05) is 10.6 Å². The zero-order chi connectivity index (χ0) is 11.8. The van der Waals surface area contributed by atoms with E-state index in [9.17, 15) is 9.59 Å². The maximum Gasteiger partial charge on any atom is 0.286 e. The molecule has 1 aromatic carbocycles. The van der Waals surface area contributed by atoms with Crippen molar-refractivity contribution in [1.82, 2.24) is 5.32 Å². The highest BCUT2D eigenvalue weighted by Crippen LogP contribution is 2.32. The third-order valence-electron chi connectivity index (χ3n) is 2.94. The Morgan fingerprint density at radius 1 is 1.35 bits per heavy atom. The number of hydrogen-bond donors (Lipinski definition) is 1. The molecule has 88 valence electrons. The Hall–Kier alpha value is -0.940. The molecule has 1 aromatic rings. The Morgan fingerprint density at radius 2 is 2.24 bits per heavy atom. The van der Waals surface area contributed by atoms with Crippen LogP contribution >= 0.6 is 23.5 Å². The molecule has 5 heteroatoms. The Morgan fingerprint density at radius 3 is 3.00 bits per heavy atom. The fourth-order valence-electron chi connectivity index (χ4n) is 2.11. The van der Waals surface area contributed by atoms with Crippen molar-refractivity contribution in [2.24, 2.45) is 0 Å². The Labute approximate surface area is 108 Å². The number of benzene rings is 1. The number of amides is 2. The van der Waals surface area contributed by atoms with Crippen LogP contribution in [0.25, 0.3) is 0 Å². The van der Waals surface area contributed by atoms with Crippen molar-refractivity contribution < 1.29 is 9.59 Å². The highest BCUT2D eigenvalue weighted by molar-refractivity contribution is 8.15. The minimum absolute atomic E-state index is 0.158. The summed E-state index contributed by atoms with van der Waals surface area (Å²) in [7, 11) is 0. The lowest BCUT2D eigenvalue weighted by atomic mass is 10.0. The first kappa shape index (κ1) is 11.2. The van der Waals surface area contributed by atoms with Crippen molar-refractivity contribution in [2.75, 3.05) is 5.75 Å². The molecule has 0 aliphatic carbocycles. The van der Waals surface area contributed by atoms with Gasteiger partial charge in [-0.05, 0) is 30.0 Å². The number of thioether (sulfide) groups is 2. The largest absolute Gasteiger partial charge is 0.286 e. The van der Waals surface area contributed by atoms with Gasteiger partial charge in [0.05, 0.1) is 5.25 Å². The van der Waals surface area contributed by atoms with Crippen LogP contribution < -0.4 is 5.32 Å². The molecular weight excluding hydrogens is 254 g/mol. The lowest BCUT2D eigenvalue weighted by Gasteiger charge is -2.07. The van der Waals surface area contributed by atoms with E-state index >= 15 is 0 Å². The Balaban J connectivity index is 1.77. The summed E-state index contributed by atoms with van der Waals surface area (Å²) in [5, 5.41) is 1.84. The number of hydrogen-bond acceptors (Lipinski definition) is 4. The van der Waals surface area contributed by atoms with Gasteiger partial charge in [0.15, 0.2) is 0 Å². The number of imide groups is 1. The van der Waals surface area contributed by atoms with E-state index in [1.807, 2.05) is 11.8 Å². The number of aryl methyl sites for hydroxylation is 1. The average molecular weight is 265 g/mol. The molecule has 1 atom stereocenters. The molecular formula is C12H11NO2S2. The van der Waals surface area contributed by atoms with Gasteiger partial charge in [-0.25, -0.2) is 0 Å². The molecule has 1 saturated heterocycles. The predicted octanol–water partition coefficient (Wildman–Crippen LogP) is 2.23. The molecule has 1 unspecified atom stereocenters. The molecule has 2 aliphatic heterocycles. The van der Waals surface area contributed by atoms with Crippen molar-refractivity contribution in [3.8, 4) is 0 Å². The SMILES string of the molecule is O=C1NC(=O)C(Cc2ccc3c(c2)CCS3)S1. The van der Waals surface area contributed by atoms with Gasteiger partial charge in [-0.2, -0.15) is 0 Å². The first-order valence-electron chi connectivity index (χ1n) is 5.48. The molecule has 3 nitrogen and oxygen atoms in total. The van der Waals surface area contributed by atoms with Gasteiger partial charge in [-0.3, -0.25) is 14.9 Å². The number of nitrogens with one attached hydrogen (secondary N) is 1. The molecule has 17 heavy (non-hydrogen) atoms. The van der Waals surface area contributed by atoms with Crippen molar-refractivity contribution in [3.05, 3.63) is 29.3 Å². The second-order valence-corrected chi connectivity index (χ2v) is 6.44. The number of carbonyl (C=O) groups is 2. The molecule has 0 spiro atoms. The summed E-state index contributed by atoms with van der Waals surface area (Å²) in [6.45, 7) is 0. The zero-order valence-electron chi connectivity index (χ0n) is 9.06. The van der Waals surface area contributed by atoms with Crippen LogP contribution in [-0.2, 0) is 17.6 Å². The quantitative estimate of drug-likeness (QED) is 0.890. The van der Waals surface area contributed by atoms with Gasteiger partial charge in [-0.1, -0.05) is 23.9 Å². The first-order chi connectivity index (χ1) is 8.22. The normalized spacial score (nSPS) is 22.7. The van der Waals surface area contributed by atoms with Gasteiger partial charge in [0.1, 0.15) is 0 Å². The van der Waals surface area contributed by atoms with Crippen molar-refractivity contribution in [2.45, 2.75) is 23.0 Å². The summed E-state index contributed by atoms with van der Waals surface area (Å²) in [5.74, 6) is 0.991. The molecule has 2 heterocycles. The summed E-state index contributed by atoms with van der Waals surface area (Å²) in [5.41, 5.74) is 2.52. The van der Waals surface area contributed by atoms with E-state index in [1.165, 1.54) is 10.5 Å². The molecule has 0 bridgehead atoms. The molecule has 0 saturated carbocycles. The summed E-state index contributed by atoms with van der Waals surface area (Å²) in [6, 6.07) is 6.36. The molecule has 3 rings (SSSR count). The van der Waals surface area contributed by atoms with E-state index in [-0.39, 0.29) is 16.4 Å². The Kier molecular flexibility index (Phi) is 2.88. The zero-order valence-corrected chi connectivity index (χ0v) is 10.7. The molecule has 2 amide bonds. The maximum absolute atomic E-state index is 11.5. The van der Waals surface area contributed by atoms with E-state index < -0.39 is 0 Å². The van der Waals surface area contributed by atoms with Crippen LogP contribution in [-0.4, -0.2) is 22.1 Å². The molecule has 1 N–H and O–H groups in total. The highest BCUT2D eigenvalue weighted by Gasteiger charge is 2.31. The minimum Gasteiger partial charge on any atom is -0.286 e. The minimum atomic E-state index is -0.255. The predicted molar refractivity (Wildman–Crippen MR) is 69.5 cm³/mol.